The summed E-state index contributed by atoms with van der Waals surface area (Å²) in [6.07, 6.45) is 6.41. The number of hydrogen-bond acceptors (Lipinski definition) is 2. The summed E-state index contributed by atoms with van der Waals surface area (Å²) < 4.78 is 0. The molecule has 0 aliphatic carbocycles. The van der Waals surface area contributed by atoms with Crippen LogP contribution >= 0.6 is 9.90 Å². The Hall–Kier alpha value is 1.34. The van der Waals surface area contributed by atoms with Crippen molar-refractivity contribution >= 4 is 65.2 Å². The van der Waals surface area contributed by atoms with Gasteiger partial charge in [0.25, 0.3) is 0 Å². The minimum atomic E-state index is 0. The second-order valence-corrected chi connectivity index (χ2v) is 3.42. The van der Waals surface area contributed by atoms with Crippen LogP contribution in [0.5, 0.6) is 0 Å². The quantitative estimate of drug-likeness (QED) is 0.515. The molecule has 0 radical (unpaired) electrons. The third-order valence-corrected chi connectivity index (χ3v) is 2.59. The number of pyridine rings is 1. The minimum absolute atomic E-state index is 0. The Morgan fingerprint density at radius 2 is 2.20 bits per heavy atom. The summed E-state index contributed by atoms with van der Waals surface area (Å²) in [4.78, 5) is 6.54. The van der Waals surface area contributed by atoms with E-state index in [1.165, 1.54) is 24.9 Å². The van der Waals surface area contributed by atoms with Crippen molar-refractivity contribution in [3.05, 3.63) is 30.1 Å². The predicted octanol–water partition coefficient (Wildman–Crippen LogP) is -0.461. The number of aromatic nitrogens is 1. The molecule has 0 amide bonds. The maximum absolute atomic E-state index is 4.14. The van der Waals surface area contributed by atoms with Gasteiger partial charge >= 0.3 is 55.3 Å². The molecule has 84 valence electrons. The molecule has 0 aromatic carbocycles. The summed E-state index contributed by atoms with van der Waals surface area (Å²) in [5.41, 5.74) is 1.36. The Labute approximate surface area is 136 Å². The van der Waals surface area contributed by atoms with Crippen LogP contribution < -0.4 is 0 Å². The van der Waals surface area contributed by atoms with Gasteiger partial charge in [0.05, 0.1) is 0 Å². The molecule has 2 atom stereocenters. The summed E-state index contributed by atoms with van der Waals surface area (Å²) in [5, 5.41) is 0. The third-order valence-electron chi connectivity index (χ3n) is 2.59. The number of hydrogen-bond donors (Lipinski definition) is 0. The summed E-state index contributed by atoms with van der Waals surface area (Å²) in [6, 6.07) is 4.79. The number of rotatable bonds is 1. The normalized spacial score (nSPS) is 19.7. The standard InChI is InChI=1S/C10H14N2.Ca.GeH4.H3P.2H/c1-12-7-3-5-10(12)9-4-2-6-11-8-9;;;;;/h2,4,6,8,10H,3,5,7H2,1H3;;1H4;1H3;;. The van der Waals surface area contributed by atoms with E-state index in [0.717, 1.165) is 0 Å². The second-order valence-electron chi connectivity index (χ2n) is 3.42. The Bertz CT molecular complexity index is 261. The Kier molecular flexibility index (Phi) is 11.7. The summed E-state index contributed by atoms with van der Waals surface area (Å²) in [5.74, 6) is 0. The van der Waals surface area contributed by atoms with E-state index in [9.17, 15) is 0 Å². The molecule has 0 bridgehead atoms. The van der Waals surface area contributed by atoms with Crippen LogP contribution in [0.1, 0.15) is 24.4 Å². The third kappa shape index (κ3) is 5.01. The van der Waals surface area contributed by atoms with Gasteiger partial charge in [-0.05, 0) is 38.1 Å². The van der Waals surface area contributed by atoms with Crippen LogP contribution in [0.2, 0.25) is 0 Å². The van der Waals surface area contributed by atoms with E-state index >= 15 is 0 Å². The van der Waals surface area contributed by atoms with Crippen molar-refractivity contribution in [2.75, 3.05) is 13.6 Å². The molecule has 2 heterocycles. The molecule has 2 unspecified atom stereocenters. The van der Waals surface area contributed by atoms with Crippen molar-refractivity contribution in [3.8, 4) is 0 Å². The predicted molar refractivity (Wildman–Crippen MR) is 79.8 cm³/mol. The van der Waals surface area contributed by atoms with E-state index in [1.807, 2.05) is 18.5 Å². The molecule has 1 fully saturated rings. The fourth-order valence-electron chi connectivity index (χ4n) is 1.90. The molecule has 1 aromatic rings. The van der Waals surface area contributed by atoms with Crippen LogP contribution in [0.4, 0.5) is 0 Å². The zero-order valence-electron chi connectivity index (χ0n) is 8.11. The van der Waals surface area contributed by atoms with E-state index in [1.54, 1.807) is 0 Å². The fourth-order valence-corrected chi connectivity index (χ4v) is 1.90. The Morgan fingerprint density at radius 3 is 2.67 bits per heavy atom. The van der Waals surface area contributed by atoms with Gasteiger partial charge in [0.15, 0.2) is 0 Å². The van der Waals surface area contributed by atoms with Gasteiger partial charge in [-0.3, -0.25) is 9.88 Å². The first-order chi connectivity index (χ1) is 5.88. The second kappa shape index (κ2) is 9.38. The molecule has 1 aromatic heterocycles. The molecule has 2 rings (SSSR count). The average Bonchev–Trinajstić information content (AvgIpc) is 2.53. The molecular weight excluding hydrogens is 292 g/mol. The number of likely N-dealkylation sites (tertiary alicyclic amines) is 1. The topological polar surface area (TPSA) is 16.1 Å². The molecule has 2 nitrogen and oxygen atoms in total. The van der Waals surface area contributed by atoms with Crippen molar-refractivity contribution in [1.29, 1.82) is 0 Å². The van der Waals surface area contributed by atoms with Gasteiger partial charge in [-0.1, -0.05) is 6.07 Å². The zero-order chi connectivity index (χ0) is 8.39. The first kappa shape index (κ1) is 18.7. The summed E-state index contributed by atoms with van der Waals surface area (Å²) >= 11 is 0. The van der Waals surface area contributed by atoms with E-state index in [0.29, 0.717) is 6.04 Å². The van der Waals surface area contributed by atoms with Crippen molar-refractivity contribution < 1.29 is 0 Å². The molecule has 5 heteroatoms. The van der Waals surface area contributed by atoms with Crippen LogP contribution in [0.3, 0.4) is 0 Å². The van der Waals surface area contributed by atoms with E-state index in [-0.39, 0.29) is 65.2 Å². The monoisotopic (exact) mass is 316 g/mol. The zero-order valence-corrected chi connectivity index (χ0v) is 9.52. The van der Waals surface area contributed by atoms with Crippen molar-refractivity contribution in [2.24, 2.45) is 0 Å². The Morgan fingerprint density at radius 1 is 1.47 bits per heavy atom. The molecular formula is C10H23CaGeN2P. The molecule has 1 aliphatic rings. The van der Waals surface area contributed by atoms with Crippen LogP contribution in [-0.2, 0) is 0 Å². The van der Waals surface area contributed by atoms with Crippen LogP contribution in [0.25, 0.3) is 0 Å². The van der Waals surface area contributed by atoms with Crippen molar-refractivity contribution in [1.82, 2.24) is 9.88 Å². The van der Waals surface area contributed by atoms with Crippen LogP contribution in [-0.4, -0.2) is 78.8 Å². The van der Waals surface area contributed by atoms with Crippen LogP contribution in [0.15, 0.2) is 24.5 Å². The fraction of sp³-hybridized carbons (Fsp3) is 0.500. The summed E-state index contributed by atoms with van der Waals surface area (Å²) in [7, 11) is 2.19. The van der Waals surface area contributed by atoms with E-state index < -0.39 is 0 Å². The molecule has 0 spiro atoms. The average molecular weight is 315 g/mol. The Balaban J connectivity index is 0. The van der Waals surface area contributed by atoms with Crippen LogP contribution in [0, 0.1) is 0 Å². The molecule has 15 heavy (non-hydrogen) atoms. The van der Waals surface area contributed by atoms with Gasteiger partial charge in [0, 0.05) is 18.4 Å². The number of nitrogens with zero attached hydrogens (tertiary/aromatic N) is 2. The summed E-state index contributed by atoms with van der Waals surface area (Å²) in [6.45, 7) is 1.22. The SMILES string of the molecule is CN1CCCC1c1cccnc1.P.[CaH2].[GeH4]. The van der Waals surface area contributed by atoms with Gasteiger partial charge in [-0.25, -0.2) is 0 Å². The first-order valence-electron chi connectivity index (χ1n) is 4.48. The van der Waals surface area contributed by atoms with Gasteiger partial charge in [0.1, 0.15) is 0 Å². The van der Waals surface area contributed by atoms with Crippen molar-refractivity contribution in [3.63, 3.8) is 0 Å². The van der Waals surface area contributed by atoms with Crippen molar-refractivity contribution in [2.45, 2.75) is 18.9 Å². The molecule has 1 saturated heterocycles. The van der Waals surface area contributed by atoms with Gasteiger partial charge in [-0.15, -0.1) is 0 Å². The maximum atomic E-state index is 4.14. The van der Waals surface area contributed by atoms with Gasteiger partial charge in [0.2, 0.25) is 0 Å². The first-order valence-corrected chi connectivity index (χ1v) is 4.48. The molecule has 1 aliphatic heterocycles. The van der Waals surface area contributed by atoms with E-state index in [4.69, 9.17) is 0 Å². The van der Waals surface area contributed by atoms with Gasteiger partial charge in [-0.2, -0.15) is 9.90 Å². The molecule has 0 saturated carbocycles. The van der Waals surface area contributed by atoms with Gasteiger partial charge < -0.3 is 0 Å². The van der Waals surface area contributed by atoms with E-state index in [2.05, 4.69) is 23.0 Å². The molecule has 0 N–H and O–H groups in total.